The first-order valence-corrected chi connectivity index (χ1v) is 7.07. The average Bonchev–Trinajstić information content (AvgIpc) is 2.92. The number of nitrogens with two attached hydrogens (primary N) is 1. The molecule has 3 rings (SSSR count). The first-order chi connectivity index (χ1) is 9.08. The Hall–Kier alpha value is -1.44. The van der Waals surface area contributed by atoms with Crippen LogP contribution in [-0.2, 0) is 6.42 Å². The van der Waals surface area contributed by atoms with Crippen LogP contribution in [0.4, 0.5) is 11.8 Å². The van der Waals surface area contributed by atoms with Crippen molar-refractivity contribution in [2.45, 2.75) is 25.6 Å². The SMILES string of the molecule is CCc1cc2c(N3CC(O)C(O)C3)nc(N)nc2s1. The van der Waals surface area contributed by atoms with Crippen LogP contribution in [0.15, 0.2) is 6.07 Å². The molecule has 0 saturated carbocycles. The van der Waals surface area contributed by atoms with Crippen LogP contribution in [0, 0.1) is 0 Å². The lowest BCUT2D eigenvalue weighted by molar-refractivity contribution is 0.0572. The minimum Gasteiger partial charge on any atom is -0.389 e. The van der Waals surface area contributed by atoms with Gasteiger partial charge in [0.05, 0.1) is 17.6 Å². The van der Waals surface area contributed by atoms with Crippen molar-refractivity contribution in [3.05, 3.63) is 10.9 Å². The van der Waals surface area contributed by atoms with E-state index in [4.69, 9.17) is 5.73 Å². The molecule has 0 amide bonds. The molecule has 0 bridgehead atoms. The summed E-state index contributed by atoms with van der Waals surface area (Å²) in [7, 11) is 0. The van der Waals surface area contributed by atoms with Crippen molar-refractivity contribution < 1.29 is 10.2 Å². The van der Waals surface area contributed by atoms with Crippen LogP contribution in [0.1, 0.15) is 11.8 Å². The summed E-state index contributed by atoms with van der Waals surface area (Å²) in [5.41, 5.74) is 5.75. The molecule has 1 aliphatic heterocycles. The van der Waals surface area contributed by atoms with E-state index in [-0.39, 0.29) is 5.95 Å². The highest BCUT2D eigenvalue weighted by molar-refractivity contribution is 7.18. The molecular formula is C12H16N4O2S. The van der Waals surface area contributed by atoms with E-state index in [0.717, 1.165) is 16.6 Å². The largest absolute Gasteiger partial charge is 0.389 e. The number of fused-ring (bicyclic) bond motifs is 1. The molecular weight excluding hydrogens is 264 g/mol. The van der Waals surface area contributed by atoms with Gasteiger partial charge >= 0.3 is 0 Å². The first-order valence-electron chi connectivity index (χ1n) is 6.25. The minimum absolute atomic E-state index is 0.225. The Morgan fingerprint density at radius 2 is 2.05 bits per heavy atom. The van der Waals surface area contributed by atoms with Gasteiger partial charge in [0.25, 0.3) is 0 Å². The molecule has 0 aliphatic carbocycles. The lowest BCUT2D eigenvalue weighted by atomic mass is 10.3. The Morgan fingerprint density at radius 1 is 1.37 bits per heavy atom. The van der Waals surface area contributed by atoms with Crippen LogP contribution in [0.3, 0.4) is 0 Å². The number of thiophene rings is 1. The van der Waals surface area contributed by atoms with Crippen molar-refractivity contribution in [3.63, 3.8) is 0 Å². The molecule has 2 unspecified atom stereocenters. The summed E-state index contributed by atoms with van der Waals surface area (Å²) >= 11 is 1.60. The Kier molecular flexibility index (Phi) is 3.04. The molecule has 19 heavy (non-hydrogen) atoms. The molecule has 3 heterocycles. The number of aliphatic hydroxyl groups is 2. The van der Waals surface area contributed by atoms with E-state index in [1.165, 1.54) is 4.88 Å². The lowest BCUT2D eigenvalue weighted by Crippen LogP contribution is -2.23. The number of rotatable bonds is 2. The van der Waals surface area contributed by atoms with Crippen molar-refractivity contribution in [2.75, 3.05) is 23.7 Å². The second-order valence-electron chi connectivity index (χ2n) is 4.73. The van der Waals surface area contributed by atoms with Crippen molar-refractivity contribution >= 4 is 33.3 Å². The zero-order valence-electron chi connectivity index (χ0n) is 10.6. The van der Waals surface area contributed by atoms with Crippen LogP contribution in [0.5, 0.6) is 0 Å². The molecule has 0 radical (unpaired) electrons. The Labute approximate surface area is 114 Å². The standard InChI is InChI=1S/C12H16N4O2S/c1-2-6-3-7-10(14-12(13)15-11(7)19-6)16-4-8(17)9(18)5-16/h3,8-9,17-18H,2,4-5H2,1H3,(H2,13,14,15). The van der Waals surface area contributed by atoms with Crippen LogP contribution in [0.25, 0.3) is 10.2 Å². The Balaban J connectivity index is 2.09. The van der Waals surface area contributed by atoms with Crippen LogP contribution < -0.4 is 10.6 Å². The molecule has 102 valence electrons. The van der Waals surface area contributed by atoms with Crippen molar-refractivity contribution in [3.8, 4) is 0 Å². The van der Waals surface area contributed by atoms with Gasteiger partial charge in [0, 0.05) is 18.0 Å². The van der Waals surface area contributed by atoms with E-state index in [1.54, 1.807) is 11.3 Å². The summed E-state index contributed by atoms with van der Waals surface area (Å²) < 4.78 is 0. The third-order valence-electron chi connectivity index (χ3n) is 3.35. The molecule has 1 fully saturated rings. The molecule has 0 aromatic carbocycles. The molecule has 2 aromatic rings. The minimum atomic E-state index is -0.740. The number of anilines is 2. The van der Waals surface area contributed by atoms with Crippen molar-refractivity contribution in [1.82, 2.24) is 9.97 Å². The summed E-state index contributed by atoms with van der Waals surface area (Å²) in [6.07, 6.45) is -0.544. The number of aliphatic hydroxyl groups excluding tert-OH is 2. The molecule has 1 aliphatic rings. The quantitative estimate of drug-likeness (QED) is 0.736. The molecule has 0 spiro atoms. The number of aromatic nitrogens is 2. The van der Waals surface area contributed by atoms with E-state index in [1.807, 2.05) is 4.90 Å². The summed E-state index contributed by atoms with van der Waals surface area (Å²) in [5, 5.41) is 20.3. The molecule has 2 aromatic heterocycles. The topological polar surface area (TPSA) is 95.5 Å². The van der Waals surface area contributed by atoms with Crippen molar-refractivity contribution in [2.24, 2.45) is 0 Å². The highest BCUT2D eigenvalue weighted by Crippen LogP contribution is 2.33. The number of nitrogen functional groups attached to an aromatic ring is 1. The van der Waals surface area contributed by atoms with Gasteiger partial charge < -0.3 is 20.8 Å². The summed E-state index contributed by atoms with van der Waals surface area (Å²) in [6, 6.07) is 2.06. The van der Waals surface area contributed by atoms with E-state index < -0.39 is 12.2 Å². The zero-order chi connectivity index (χ0) is 13.6. The van der Waals surface area contributed by atoms with E-state index in [9.17, 15) is 10.2 Å². The predicted octanol–water partition coefficient (Wildman–Crippen LogP) is 0.378. The Morgan fingerprint density at radius 3 is 2.68 bits per heavy atom. The zero-order valence-corrected chi connectivity index (χ0v) is 11.4. The number of hydrogen-bond donors (Lipinski definition) is 3. The van der Waals surface area contributed by atoms with Crippen molar-refractivity contribution in [1.29, 1.82) is 0 Å². The maximum atomic E-state index is 9.66. The fraction of sp³-hybridized carbons (Fsp3) is 0.500. The maximum Gasteiger partial charge on any atom is 0.223 e. The second kappa shape index (κ2) is 4.59. The third kappa shape index (κ3) is 2.13. The van der Waals surface area contributed by atoms with Crippen LogP contribution in [-0.4, -0.2) is 45.5 Å². The number of nitrogens with zero attached hydrogens (tertiary/aromatic N) is 3. The van der Waals surface area contributed by atoms with E-state index >= 15 is 0 Å². The normalized spacial score (nSPS) is 23.4. The second-order valence-corrected chi connectivity index (χ2v) is 5.85. The van der Waals surface area contributed by atoms with E-state index in [2.05, 4.69) is 23.0 Å². The molecule has 2 atom stereocenters. The predicted molar refractivity (Wildman–Crippen MR) is 75.4 cm³/mol. The molecule has 7 heteroatoms. The van der Waals surface area contributed by atoms with E-state index in [0.29, 0.717) is 18.9 Å². The fourth-order valence-electron chi connectivity index (χ4n) is 2.33. The van der Waals surface area contributed by atoms with Gasteiger partial charge in [0.15, 0.2) is 0 Å². The van der Waals surface area contributed by atoms with Gasteiger partial charge in [-0.2, -0.15) is 4.98 Å². The fourth-order valence-corrected chi connectivity index (χ4v) is 3.30. The smallest absolute Gasteiger partial charge is 0.223 e. The maximum absolute atomic E-state index is 9.66. The molecule has 4 N–H and O–H groups in total. The van der Waals surface area contributed by atoms with Gasteiger partial charge in [-0.3, -0.25) is 0 Å². The average molecular weight is 280 g/mol. The number of β-amino-alcohol motifs (C(OH)–C–C–N with tert-alkyl or cyclic N) is 2. The Bertz CT molecular complexity index is 605. The van der Waals surface area contributed by atoms with Gasteiger partial charge in [-0.1, -0.05) is 6.92 Å². The highest BCUT2D eigenvalue weighted by Gasteiger charge is 2.31. The van der Waals surface area contributed by atoms with Gasteiger partial charge in [0.2, 0.25) is 5.95 Å². The van der Waals surface area contributed by atoms with Gasteiger partial charge in [-0.25, -0.2) is 4.98 Å². The summed E-state index contributed by atoms with van der Waals surface area (Å²) in [5.74, 6) is 0.928. The first kappa shape index (κ1) is 12.6. The van der Waals surface area contributed by atoms with Gasteiger partial charge in [-0.05, 0) is 12.5 Å². The monoisotopic (exact) mass is 280 g/mol. The molecule has 1 saturated heterocycles. The van der Waals surface area contributed by atoms with Crippen LogP contribution in [0.2, 0.25) is 0 Å². The van der Waals surface area contributed by atoms with Gasteiger partial charge in [-0.15, -0.1) is 11.3 Å². The summed E-state index contributed by atoms with van der Waals surface area (Å²) in [4.78, 5) is 12.5. The molecule has 6 nitrogen and oxygen atoms in total. The van der Waals surface area contributed by atoms with Gasteiger partial charge in [0.1, 0.15) is 10.6 Å². The summed E-state index contributed by atoms with van der Waals surface area (Å²) in [6.45, 7) is 2.82. The lowest BCUT2D eigenvalue weighted by Gasteiger charge is -2.17. The number of aryl methyl sites for hydroxylation is 1. The highest BCUT2D eigenvalue weighted by atomic mass is 32.1. The third-order valence-corrected chi connectivity index (χ3v) is 4.52. The number of hydrogen-bond acceptors (Lipinski definition) is 7. The van der Waals surface area contributed by atoms with Crippen LogP contribution >= 0.6 is 11.3 Å².